The number of thiazole rings is 1. The maximum absolute atomic E-state index is 13.0. The lowest BCUT2D eigenvalue weighted by molar-refractivity contribution is -0.130. The van der Waals surface area contributed by atoms with Crippen molar-refractivity contribution in [2.75, 3.05) is 18.4 Å². The van der Waals surface area contributed by atoms with Crippen LogP contribution in [0.2, 0.25) is 0 Å². The molecular formula is C19H31N3O2S. The number of anilines is 1. The molecule has 1 aromatic rings. The monoisotopic (exact) mass is 365 g/mol. The van der Waals surface area contributed by atoms with Crippen LogP contribution in [0.3, 0.4) is 0 Å². The van der Waals surface area contributed by atoms with Crippen molar-refractivity contribution >= 4 is 22.4 Å². The molecule has 1 saturated heterocycles. The first-order chi connectivity index (χ1) is 11.9. The number of fused-ring (bicyclic) bond motifs is 1. The van der Waals surface area contributed by atoms with Gasteiger partial charge in [0.1, 0.15) is 0 Å². The number of hydrogen-bond donors (Lipinski definition) is 1. The third kappa shape index (κ3) is 4.60. The van der Waals surface area contributed by atoms with Crippen molar-refractivity contribution in [1.29, 1.82) is 0 Å². The van der Waals surface area contributed by atoms with E-state index in [0.29, 0.717) is 0 Å². The minimum absolute atomic E-state index is 0.0696. The normalized spacial score (nSPS) is 26.1. The lowest BCUT2D eigenvalue weighted by Crippen LogP contribution is -2.55. The molecule has 1 aromatic heterocycles. The number of aryl methyl sites for hydroxylation is 2. The molecule has 0 aromatic carbocycles. The van der Waals surface area contributed by atoms with Crippen LogP contribution in [0, 0.1) is 5.92 Å². The van der Waals surface area contributed by atoms with E-state index in [4.69, 9.17) is 9.72 Å². The van der Waals surface area contributed by atoms with Gasteiger partial charge in [-0.1, -0.05) is 20.3 Å². The van der Waals surface area contributed by atoms with Gasteiger partial charge in [-0.15, -0.1) is 11.3 Å². The summed E-state index contributed by atoms with van der Waals surface area (Å²) in [5, 5.41) is 3.89. The average Bonchev–Trinajstić information content (AvgIpc) is 2.74. The van der Waals surface area contributed by atoms with Gasteiger partial charge in [-0.2, -0.15) is 0 Å². The molecule has 0 bridgehead atoms. The van der Waals surface area contributed by atoms with Crippen molar-refractivity contribution in [2.24, 2.45) is 5.92 Å². The minimum Gasteiger partial charge on any atom is -0.373 e. The Labute approximate surface area is 155 Å². The van der Waals surface area contributed by atoms with Gasteiger partial charge in [-0.05, 0) is 45.4 Å². The predicted molar refractivity (Wildman–Crippen MR) is 102 cm³/mol. The van der Waals surface area contributed by atoms with Crippen LogP contribution in [0.25, 0.3) is 0 Å². The quantitative estimate of drug-likeness (QED) is 0.830. The Kier molecular flexibility index (Phi) is 6.12. The summed E-state index contributed by atoms with van der Waals surface area (Å²) in [5.74, 6) is 0.315. The van der Waals surface area contributed by atoms with Crippen LogP contribution in [0.5, 0.6) is 0 Å². The number of aromatic nitrogens is 1. The topological polar surface area (TPSA) is 54.5 Å². The zero-order valence-electron chi connectivity index (χ0n) is 15.9. The number of amides is 1. The lowest BCUT2D eigenvalue weighted by atomic mass is 10.00. The van der Waals surface area contributed by atoms with Gasteiger partial charge in [0, 0.05) is 18.0 Å². The van der Waals surface area contributed by atoms with Gasteiger partial charge in [-0.3, -0.25) is 9.69 Å². The summed E-state index contributed by atoms with van der Waals surface area (Å²) in [4.78, 5) is 21.4. The second kappa shape index (κ2) is 8.14. The molecule has 2 aliphatic rings. The second-order valence-corrected chi connectivity index (χ2v) is 8.92. The Hall–Kier alpha value is -0.980. The fourth-order valence-corrected chi connectivity index (χ4v) is 5.15. The van der Waals surface area contributed by atoms with E-state index in [1.54, 1.807) is 11.3 Å². The van der Waals surface area contributed by atoms with Crippen LogP contribution in [0.1, 0.15) is 57.5 Å². The van der Waals surface area contributed by atoms with Crippen molar-refractivity contribution in [1.82, 2.24) is 9.88 Å². The molecule has 0 spiro atoms. The van der Waals surface area contributed by atoms with Crippen molar-refractivity contribution in [3.63, 3.8) is 0 Å². The largest absolute Gasteiger partial charge is 0.373 e. The maximum Gasteiger partial charge on any atom is 0.243 e. The van der Waals surface area contributed by atoms with Crippen molar-refractivity contribution in [2.45, 2.75) is 78.0 Å². The van der Waals surface area contributed by atoms with E-state index in [9.17, 15) is 4.79 Å². The molecule has 3 unspecified atom stereocenters. The van der Waals surface area contributed by atoms with Gasteiger partial charge in [0.25, 0.3) is 0 Å². The van der Waals surface area contributed by atoms with Crippen molar-refractivity contribution < 1.29 is 9.53 Å². The van der Waals surface area contributed by atoms with Gasteiger partial charge in [0.2, 0.25) is 5.91 Å². The van der Waals surface area contributed by atoms with Gasteiger partial charge >= 0.3 is 0 Å². The molecule has 0 radical (unpaired) electrons. The molecule has 3 atom stereocenters. The highest BCUT2D eigenvalue weighted by molar-refractivity contribution is 7.15. The highest BCUT2D eigenvalue weighted by atomic mass is 32.1. The Bertz CT molecular complexity index is 568. The van der Waals surface area contributed by atoms with E-state index in [-0.39, 0.29) is 30.1 Å². The number of nitrogens with one attached hydrogen (secondary N) is 1. The molecular weight excluding hydrogens is 334 g/mol. The number of ether oxygens (including phenoxy) is 1. The first-order valence-electron chi connectivity index (χ1n) is 9.63. The molecule has 0 saturated carbocycles. The maximum atomic E-state index is 13.0. The molecule has 3 rings (SSSR count). The molecule has 5 nitrogen and oxygen atoms in total. The first kappa shape index (κ1) is 18.8. The summed E-state index contributed by atoms with van der Waals surface area (Å²) in [6.45, 7) is 9.99. The van der Waals surface area contributed by atoms with Gasteiger partial charge in [0.05, 0.1) is 23.9 Å². The molecule has 1 fully saturated rings. The van der Waals surface area contributed by atoms with Crippen LogP contribution in [0.4, 0.5) is 5.13 Å². The number of rotatable bonds is 4. The summed E-state index contributed by atoms with van der Waals surface area (Å²) in [5.41, 5.74) is 1.20. The van der Waals surface area contributed by atoms with Gasteiger partial charge < -0.3 is 10.1 Å². The van der Waals surface area contributed by atoms with E-state index in [1.807, 2.05) is 0 Å². The third-order valence-corrected chi connectivity index (χ3v) is 6.14. The number of carbonyl (C=O) groups is 1. The Morgan fingerprint density at radius 2 is 1.88 bits per heavy atom. The third-order valence-electron chi connectivity index (χ3n) is 5.07. The standard InChI is InChI=1S/C19H31N3O2S/c1-12(2)17(22-10-13(3)24-14(4)11-22)18(23)21-19-20-15-8-6-5-7-9-16(15)25-19/h12-14,17H,5-11H2,1-4H3,(H,20,21,23). The molecule has 1 aliphatic heterocycles. The van der Waals surface area contributed by atoms with Crippen LogP contribution < -0.4 is 5.32 Å². The second-order valence-electron chi connectivity index (χ2n) is 7.84. The van der Waals surface area contributed by atoms with Crippen LogP contribution in [-0.2, 0) is 22.4 Å². The zero-order chi connectivity index (χ0) is 18.0. The molecule has 2 heterocycles. The van der Waals surface area contributed by atoms with Crippen LogP contribution in [-0.4, -0.2) is 47.1 Å². The summed E-state index contributed by atoms with van der Waals surface area (Å²) in [6.07, 6.45) is 6.21. The summed E-state index contributed by atoms with van der Waals surface area (Å²) in [6, 6.07) is -0.141. The van der Waals surface area contributed by atoms with Gasteiger partial charge in [-0.25, -0.2) is 4.98 Å². The smallest absolute Gasteiger partial charge is 0.243 e. The Balaban J connectivity index is 1.71. The summed E-state index contributed by atoms with van der Waals surface area (Å²) >= 11 is 1.67. The van der Waals surface area contributed by atoms with E-state index >= 15 is 0 Å². The van der Waals surface area contributed by atoms with Crippen molar-refractivity contribution in [3.8, 4) is 0 Å². The first-order valence-corrected chi connectivity index (χ1v) is 10.4. The Morgan fingerprint density at radius 1 is 1.20 bits per heavy atom. The van der Waals surface area contributed by atoms with E-state index < -0.39 is 0 Å². The molecule has 6 heteroatoms. The lowest BCUT2D eigenvalue weighted by Gasteiger charge is -2.40. The van der Waals surface area contributed by atoms with Gasteiger partial charge in [0.15, 0.2) is 5.13 Å². The molecule has 1 aliphatic carbocycles. The minimum atomic E-state index is -0.141. The van der Waals surface area contributed by atoms with E-state index in [2.05, 4.69) is 37.9 Å². The predicted octanol–water partition coefficient (Wildman–Crippen LogP) is 3.48. The number of hydrogen-bond acceptors (Lipinski definition) is 5. The highest BCUT2D eigenvalue weighted by Gasteiger charge is 2.34. The van der Waals surface area contributed by atoms with Crippen molar-refractivity contribution in [3.05, 3.63) is 10.6 Å². The average molecular weight is 366 g/mol. The number of nitrogens with zero attached hydrogens (tertiary/aromatic N) is 2. The summed E-state index contributed by atoms with van der Waals surface area (Å²) < 4.78 is 5.83. The molecule has 140 valence electrons. The fourth-order valence-electron chi connectivity index (χ4n) is 4.10. The fraction of sp³-hybridized carbons (Fsp3) is 0.789. The molecule has 1 amide bonds. The number of carbonyl (C=O) groups excluding carboxylic acids is 1. The van der Waals surface area contributed by atoms with E-state index in [1.165, 1.54) is 29.8 Å². The van der Waals surface area contributed by atoms with Crippen LogP contribution in [0.15, 0.2) is 0 Å². The number of morpholine rings is 1. The molecule has 1 N–H and O–H groups in total. The SMILES string of the molecule is CC1CN(C(C(=O)Nc2nc3c(s2)CCCCC3)C(C)C)CC(C)O1. The van der Waals surface area contributed by atoms with E-state index in [0.717, 1.165) is 31.1 Å². The highest BCUT2D eigenvalue weighted by Crippen LogP contribution is 2.29. The molecule has 25 heavy (non-hydrogen) atoms. The zero-order valence-corrected chi connectivity index (χ0v) is 16.7. The van der Waals surface area contributed by atoms with Crippen LogP contribution >= 0.6 is 11.3 Å². The summed E-state index contributed by atoms with van der Waals surface area (Å²) in [7, 11) is 0. The Morgan fingerprint density at radius 3 is 2.56 bits per heavy atom.